The highest BCUT2D eigenvalue weighted by Gasteiger charge is 2.21. The molecule has 0 amide bonds. The van der Waals surface area contributed by atoms with E-state index < -0.39 is 15.8 Å². The van der Waals surface area contributed by atoms with Gasteiger partial charge in [-0.3, -0.25) is 0 Å². The molecule has 0 heterocycles. The van der Waals surface area contributed by atoms with E-state index in [4.69, 9.17) is 4.74 Å². The van der Waals surface area contributed by atoms with Crippen molar-refractivity contribution in [2.24, 2.45) is 0 Å². The van der Waals surface area contributed by atoms with E-state index >= 15 is 0 Å². The van der Waals surface area contributed by atoms with Crippen LogP contribution in [0.15, 0.2) is 170 Å². The summed E-state index contributed by atoms with van der Waals surface area (Å²) < 4.78 is 6.72. The summed E-state index contributed by atoms with van der Waals surface area (Å²) in [5.41, 5.74) is 0. The normalized spacial score (nSPS) is 11.0. The van der Waals surface area contributed by atoms with Gasteiger partial charge in [0, 0.05) is 5.30 Å². The molecule has 39 heavy (non-hydrogen) atoms. The van der Waals surface area contributed by atoms with Gasteiger partial charge in [0.25, 0.3) is 0 Å². The fourth-order valence-electron chi connectivity index (χ4n) is 4.72. The maximum atomic E-state index is 6.72. The van der Waals surface area contributed by atoms with E-state index in [9.17, 15) is 0 Å². The van der Waals surface area contributed by atoms with Crippen molar-refractivity contribution in [2.45, 2.75) is 0 Å². The molecule has 0 atom stereocenters. The van der Waals surface area contributed by atoms with Gasteiger partial charge in [-0.05, 0) is 60.6 Å². The van der Waals surface area contributed by atoms with Gasteiger partial charge in [-0.1, -0.05) is 152 Å². The second kappa shape index (κ2) is 12.2. The molecule has 0 saturated heterocycles. The monoisotopic (exact) mass is 538 g/mol. The SMILES string of the molecule is c1ccc(P(c2ccccc2)c2cccc(Oc3ccccc3P(c3ccccc3)c3ccccc3)c2)cc1. The first kappa shape index (κ1) is 25.3. The molecule has 0 radical (unpaired) electrons. The Labute approximate surface area is 233 Å². The Morgan fingerprint density at radius 1 is 0.333 bits per heavy atom. The molecule has 0 saturated carbocycles. The third-order valence-corrected chi connectivity index (χ3v) is 11.4. The highest BCUT2D eigenvalue weighted by molar-refractivity contribution is 7.80. The third-order valence-electron chi connectivity index (χ3n) is 6.47. The van der Waals surface area contributed by atoms with Gasteiger partial charge in [0.2, 0.25) is 0 Å². The molecule has 188 valence electrons. The van der Waals surface area contributed by atoms with Crippen LogP contribution < -0.4 is 36.6 Å². The van der Waals surface area contributed by atoms with E-state index in [2.05, 4.69) is 170 Å². The molecule has 3 heteroatoms. The molecule has 0 aliphatic rings. The van der Waals surface area contributed by atoms with Crippen LogP contribution in [0.5, 0.6) is 11.5 Å². The van der Waals surface area contributed by atoms with Gasteiger partial charge in [0.1, 0.15) is 11.5 Å². The summed E-state index contributed by atoms with van der Waals surface area (Å²) in [6, 6.07) is 60.2. The van der Waals surface area contributed by atoms with Crippen molar-refractivity contribution in [1.29, 1.82) is 0 Å². The minimum absolute atomic E-state index is 0.705. The first-order chi connectivity index (χ1) is 19.4. The lowest BCUT2D eigenvalue weighted by Crippen LogP contribution is -2.22. The molecule has 0 aliphatic carbocycles. The first-order valence-corrected chi connectivity index (χ1v) is 15.7. The smallest absolute Gasteiger partial charge is 0.135 e. The highest BCUT2D eigenvalue weighted by atomic mass is 31.1. The zero-order chi connectivity index (χ0) is 26.3. The van der Waals surface area contributed by atoms with Crippen LogP contribution in [-0.2, 0) is 0 Å². The van der Waals surface area contributed by atoms with Crippen LogP contribution in [0.2, 0.25) is 0 Å². The van der Waals surface area contributed by atoms with Crippen LogP contribution in [0.4, 0.5) is 0 Å². The molecule has 0 aliphatic heterocycles. The van der Waals surface area contributed by atoms with Gasteiger partial charge in [0.15, 0.2) is 0 Å². The van der Waals surface area contributed by atoms with E-state index in [1.165, 1.54) is 31.8 Å². The number of hydrogen-bond donors (Lipinski definition) is 0. The van der Waals surface area contributed by atoms with Crippen LogP contribution in [0.1, 0.15) is 0 Å². The molecule has 6 rings (SSSR count). The topological polar surface area (TPSA) is 9.23 Å². The quantitative estimate of drug-likeness (QED) is 0.190. The second-order valence-corrected chi connectivity index (χ2v) is 13.5. The van der Waals surface area contributed by atoms with Crippen LogP contribution in [0.3, 0.4) is 0 Å². The van der Waals surface area contributed by atoms with Crippen molar-refractivity contribution in [2.75, 3.05) is 0 Å². The average molecular weight is 539 g/mol. The van der Waals surface area contributed by atoms with Crippen molar-refractivity contribution in [3.63, 3.8) is 0 Å². The summed E-state index contributed by atoms with van der Waals surface area (Å²) in [4.78, 5) is 0. The van der Waals surface area contributed by atoms with E-state index in [0.29, 0.717) is 0 Å². The van der Waals surface area contributed by atoms with Crippen LogP contribution >= 0.6 is 15.8 Å². The van der Waals surface area contributed by atoms with Gasteiger partial charge < -0.3 is 4.74 Å². The van der Waals surface area contributed by atoms with Gasteiger partial charge in [-0.2, -0.15) is 0 Å². The van der Waals surface area contributed by atoms with Gasteiger partial charge in [-0.15, -0.1) is 0 Å². The Morgan fingerprint density at radius 2 is 0.744 bits per heavy atom. The zero-order valence-corrected chi connectivity index (χ0v) is 23.3. The Bertz CT molecular complexity index is 1540. The van der Waals surface area contributed by atoms with Crippen molar-refractivity contribution in [3.05, 3.63) is 170 Å². The fraction of sp³-hybridized carbons (Fsp3) is 0. The lowest BCUT2D eigenvalue weighted by Gasteiger charge is -2.23. The standard InChI is InChI=1S/C36H28OP2/c1-5-17-30(18-6-1)38(31-19-7-2-8-20-31)34-25-15-16-29(28-34)37-35-26-13-14-27-36(35)39(32-21-9-3-10-22-32)33-23-11-4-12-24-33/h1-28H. The summed E-state index contributed by atoms with van der Waals surface area (Å²) in [5, 5.41) is 7.75. The van der Waals surface area contributed by atoms with Crippen molar-refractivity contribution < 1.29 is 4.74 Å². The molecule has 6 aromatic rings. The maximum absolute atomic E-state index is 6.72. The number of ether oxygens (including phenoxy) is 1. The second-order valence-electron chi connectivity index (χ2n) is 9.08. The molecule has 0 aromatic heterocycles. The van der Waals surface area contributed by atoms with Crippen molar-refractivity contribution in [1.82, 2.24) is 0 Å². The maximum Gasteiger partial charge on any atom is 0.135 e. The number of para-hydroxylation sites is 1. The summed E-state index contributed by atoms with van der Waals surface area (Å²) >= 11 is 0. The van der Waals surface area contributed by atoms with E-state index in [0.717, 1.165) is 11.5 Å². The Morgan fingerprint density at radius 3 is 1.26 bits per heavy atom. The molecule has 0 N–H and O–H groups in total. The lowest BCUT2D eigenvalue weighted by atomic mass is 10.3. The Kier molecular flexibility index (Phi) is 7.92. The minimum atomic E-state index is -0.776. The summed E-state index contributed by atoms with van der Waals surface area (Å²) in [6.45, 7) is 0. The van der Waals surface area contributed by atoms with Crippen LogP contribution in [-0.4, -0.2) is 0 Å². The van der Waals surface area contributed by atoms with E-state index in [-0.39, 0.29) is 0 Å². The molecule has 0 unspecified atom stereocenters. The highest BCUT2D eigenvalue weighted by Crippen LogP contribution is 2.38. The average Bonchev–Trinajstić information content (AvgIpc) is 3.01. The summed E-state index contributed by atoms with van der Waals surface area (Å²) in [6.07, 6.45) is 0. The molecular formula is C36H28OP2. The summed E-state index contributed by atoms with van der Waals surface area (Å²) in [5.74, 6) is 1.76. The third kappa shape index (κ3) is 5.86. The predicted octanol–water partition coefficient (Wildman–Crippen LogP) is 7.00. The van der Waals surface area contributed by atoms with Gasteiger partial charge in [-0.25, -0.2) is 0 Å². The number of rotatable bonds is 8. The van der Waals surface area contributed by atoms with Crippen LogP contribution in [0.25, 0.3) is 0 Å². The Hall–Kier alpha value is -4.02. The van der Waals surface area contributed by atoms with Gasteiger partial charge >= 0.3 is 0 Å². The van der Waals surface area contributed by atoms with Gasteiger partial charge in [0.05, 0.1) is 0 Å². The van der Waals surface area contributed by atoms with Crippen molar-refractivity contribution >= 4 is 47.7 Å². The van der Waals surface area contributed by atoms with E-state index in [1.54, 1.807) is 0 Å². The Balaban J connectivity index is 1.40. The number of benzene rings is 6. The molecule has 6 aromatic carbocycles. The number of hydrogen-bond acceptors (Lipinski definition) is 1. The molecular weight excluding hydrogens is 510 g/mol. The van der Waals surface area contributed by atoms with Crippen LogP contribution in [0, 0.1) is 0 Å². The molecule has 1 nitrogen and oxygen atoms in total. The van der Waals surface area contributed by atoms with Crippen molar-refractivity contribution in [3.8, 4) is 11.5 Å². The zero-order valence-electron chi connectivity index (χ0n) is 21.5. The minimum Gasteiger partial charge on any atom is -0.457 e. The first-order valence-electron chi connectivity index (χ1n) is 13.0. The molecule has 0 spiro atoms. The summed E-state index contributed by atoms with van der Waals surface area (Å²) in [7, 11) is -1.48. The fourth-order valence-corrected chi connectivity index (χ4v) is 9.42. The predicted molar refractivity (Wildman–Crippen MR) is 170 cm³/mol. The molecule has 0 fully saturated rings. The molecule has 0 bridgehead atoms. The lowest BCUT2D eigenvalue weighted by molar-refractivity contribution is 0.487. The largest absolute Gasteiger partial charge is 0.457 e. The van der Waals surface area contributed by atoms with E-state index in [1.807, 2.05) is 0 Å².